The molecule has 3 atom stereocenters. The van der Waals surface area contributed by atoms with Crippen molar-refractivity contribution in [2.24, 2.45) is 0 Å². The van der Waals surface area contributed by atoms with Gasteiger partial charge in [0, 0.05) is 18.1 Å². The van der Waals surface area contributed by atoms with E-state index in [-0.39, 0.29) is 18.1 Å². The quantitative estimate of drug-likeness (QED) is 0.913. The number of aliphatic hydroxyl groups excluding tert-OH is 1. The molecule has 0 aliphatic heterocycles. The van der Waals surface area contributed by atoms with Crippen LogP contribution >= 0.6 is 0 Å². The van der Waals surface area contributed by atoms with Gasteiger partial charge in [-0.15, -0.1) is 0 Å². The number of aliphatic hydroxyl groups is 1. The van der Waals surface area contributed by atoms with Gasteiger partial charge in [0.05, 0.1) is 12.1 Å². The Labute approximate surface area is 135 Å². The number of methoxy groups -OCH3 is 1. The molecule has 1 saturated carbocycles. The first-order valence-electron chi connectivity index (χ1n) is 8.02. The van der Waals surface area contributed by atoms with Crippen molar-refractivity contribution in [3.8, 4) is 0 Å². The minimum Gasteiger partial charge on any atom is -0.451 e. The van der Waals surface area contributed by atoms with Crippen LogP contribution in [0.4, 0.5) is 0 Å². The topological polar surface area (TPSA) is 71.7 Å². The zero-order valence-electron chi connectivity index (χ0n) is 13.8. The van der Waals surface area contributed by atoms with Gasteiger partial charge in [-0.25, -0.2) is 0 Å². The normalized spacial score (nSPS) is 24.8. The zero-order valence-corrected chi connectivity index (χ0v) is 13.8. The summed E-state index contributed by atoms with van der Waals surface area (Å²) in [5, 5.41) is 14.1. The van der Waals surface area contributed by atoms with E-state index >= 15 is 0 Å². The first-order chi connectivity index (χ1) is 11.0. The van der Waals surface area contributed by atoms with Crippen LogP contribution in [-0.4, -0.2) is 36.4 Å². The molecule has 1 aromatic heterocycles. The maximum atomic E-state index is 12.6. The van der Waals surface area contributed by atoms with E-state index in [1.807, 2.05) is 32.0 Å². The zero-order chi connectivity index (χ0) is 16.6. The predicted molar refractivity (Wildman–Crippen MR) is 87.6 cm³/mol. The monoisotopic (exact) mass is 317 g/mol. The van der Waals surface area contributed by atoms with E-state index in [1.165, 1.54) is 0 Å². The van der Waals surface area contributed by atoms with Crippen LogP contribution in [0, 0.1) is 13.8 Å². The third-order valence-electron chi connectivity index (χ3n) is 4.72. The number of carbonyl (C=O) groups is 1. The fourth-order valence-electron chi connectivity index (χ4n) is 3.34. The van der Waals surface area contributed by atoms with E-state index < -0.39 is 6.10 Å². The molecule has 1 aromatic carbocycles. The number of amides is 1. The van der Waals surface area contributed by atoms with E-state index in [0.717, 1.165) is 35.8 Å². The second kappa shape index (κ2) is 6.34. The number of rotatable bonds is 3. The molecule has 5 nitrogen and oxygen atoms in total. The van der Waals surface area contributed by atoms with Crippen molar-refractivity contribution in [2.45, 2.75) is 51.4 Å². The average molecular weight is 317 g/mol. The van der Waals surface area contributed by atoms with Crippen LogP contribution in [0.25, 0.3) is 11.0 Å². The van der Waals surface area contributed by atoms with Gasteiger partial charge < -0.3 is 19.6 Å². The van der Waals surface area contributed by atoms with Gasteiger partial charge in [0.25, 0.3) is 5.91 Å². The summed E-state index contributed by atoms with van der Waals surface area (Å²) in [4.78, 5) is 12.6. The molecule has 0 spiro atoms. The summed E-state index contributed by atoms with van der Waals surface area (Å²) in [5.74, 6) is 0.0366. The van der Waals surface area contributed by atoms with Gasteiger partial charge in [0.1, 0.15) is 11.7 Å². The number of hydrogen-bond acceptors (Lipinski definition) is 4. The fourth-order valence-corrected chi connectivity index (χ4v) is 3.34. The minimum absolute atomic E-state index is 0.228. The van der Waals surface area contributed by atoms with Crippen LogP contribution in [-0.2, 0) is 4.74 Å². The number of benzene rings is 1. The van der Waals surface area contributed by atoms with Crippen LogP contribution < -0.4 is 5.32 Å². The fraction of sp³-hybridized carbons (Fsp3) is 0.500. The lowest BCUT2D eigenvalue weighted by Gasteiger charge is -2.34. The molecule has 1 heterocycles. The number of nitrogens with one attached hydrogen (secondary N) is 1. The average Bonchev–Trinajstić information content (AvgIpc) is 2.85. The predicted octanol–water partition coefficient (Wildman–Crippen LogP) is 2.71. The highest BCUT2D eigenvalue weighted by Gasteiger charge is 2.33. The number of furan rings is 1. The first-order valence-corrected chi connectivity index (χ1v) is 8.02. The molecule has 0 bridgehead atoms. The largest absolute Gasteiger partial charge is 0.451 e. The highest BCUT2D eigenvalue weighted by atomic mass is 16.5. The van der Waals surface area contributed by atoms with E-state index in [2.05, 4.69) is 5.32 Å². The highest BCUT2D eigenvalue weighted by molar-refractivity contribution is 5.99. The maximum absolute atomic E-state index is 12.6. The molecule has 0 saturated heterocycles. The summed E-state index contributed by atoms with van der Waals surface area (Å²) in [7, 11) is 1.59. The molecule has 3 rings (SSSR count). The maximum Gasteiger partial charge on any atom is 0.287 e. The highest BCUT2D eigenvalue weighted by Crippen LogP contribution is 2.27. The number of fused-ring (bicyclic) bond motifs is 1. The number of carbonyl (C=O) groups excluding carboxylic acids is 1. The first kappa shape index (κ1) is 16.0. The SMILES string of the molecule is CO[C@@H]1CCC[C@@H](NC(=O)c2oc3cc(C)ccc3c2C)[C@H]1O. The second-order valence-electron chi connectivity index (χ2n) is 6.33. The third kappa shape index (κ3) is 2.99. The van der Waals surface area contributed by atoms with E-state index in [9.17, 15) is 9.90 Å². The Balaban J connectivity index is 1.82. The van der Waals surface area contributed by atoms with Gasteiger partial charge in [-0.05, 0) is 44.7 Å². The van der Waals surface area contributed by atoms with Gasteiger partial charge >= 0.3 is 0 Å². The van der Waals surface area contributed by atoms with Gasteiger partial charge in [0.15, 0.2) is 5.76 Å². The Morgan fingerprint density at radius 2 is 2.13 bits per heavy atom. The lowest BCUT2D eigenvalue weighted by Crippen LogP contribution is -2.51. The van der Waals surface area contributed by atoms with Crippen LogP contribution in [0.2, 0.25) is 0 Å². The summed E-state index contributed by atoms with van der Waals surface area (Å²) < 4.78 is 11.0. The van der Waals surface area contributed by atoms with Crippen molar-refractivity contribution < 1.29 is 19.1 Å². The van der Waals surface area contributed by atoms with Crippen LogP contribution in [0.3, 0.4) is 0 Å². The molecular weight excluding hydrogens is 294 g/mol. The number of aryl methyl sites for hydroxylation is 2. The molecule has 23 heavy (non-hydrogen) atoms. The van der Waals surface area contributed by atoms with E-state index in [0.29, 0.717) is 11.3 Å². The standard InChI is InChI=1S/C18H23NO4/c1-10-7-8-12-11(2)17(23-15(12)9-10)18(21)19-13-5-4-6-14(22-3)16(13)20/h7-9,13-14,16,20H,4-6H2,1-3H3,(H,19,21)/t13-,14-,16-/m1/s1. The molecule has 2 N–H and O–H groups in total. The van der Waals surface area contributed by atoms with E-state index in [4.69, 9.17) is 9.15 Å². The smallest absolute Gasteiger partial charge is 0.287 e. The summed E-state index contributed by atoms with van der Waals surface area (Å²) in [6.07, 6.45) is 1.55. The third-order valence-corrected chi connectivity index (χ3v) is 4.72. The Morgan fingerprint density at radius 3 is 2.87 bits per heavy atom. The molecular formula is C18H23NO4. The molecule has 5 heteroatoms. The lowest BCUT2D eigenvalue weighted by atomic mass is 9.90. The van der Waals surface area contributed by atoms with E-state index in [1.54, 1.807) is 7.11 Å². The minimum atomic E-state index is -0.690. The Morgan fingerprint density at radius 1 is 1.35 bits per heavy atom. The van der Waals surface area contributed by atoms with Crippen molar-refractivity contribution in [1.29, 1.82) is 0 Å². The molecule has 2 aromatic rings. The summed E-state index contributed by atoms with van der Waals surface area (Å²) in [6, 6.07) is 5.59. The van der Waals surface area contributed by atoms with Crippen molar-refractivity contribution in [3.05, 3.63) is 35.1 Å². The van der Waals surface area contributed by atoms with Gasteiger partial charge in [0.2, 0.25) is 0 Å². The molecule has 1 aliphatic carbocycles. The molecule has 124 valence electrons. The molecule has 0 radical (unpaired) electrons. The second-order valence-corrected chi connectivity index (χ2v) is 6.33. The molecule has 1 aliphatic rings. The Bertz CT molecular complexity index is 721. The molecule has 1 amide bonds. The van der Waals surface area contributed by atoms with Crippen molar-refractivity contribution in [1.82, 2.24) is 5.32 Å². The van der Waals surface area contributed by atoms with Crippen LogP contribution in [0.15, 0.2) is 22.6 Å². The van der Waals surface area contributed by atoms with Gasteiger partial charge in [-0.3, -0.25) is 4.79 Å². The van der Waals surface area contributed by atoms with Crippen molar-refractivity contribution in [3.63, 3.8) is 0 Å². The Hall–Kier alpha value is -1.85. The van der Waals surface area contributed by atoms with Crippen LogP contribution in [0.1, 0.15) is 40.9 Å². The van der Waals surface area contributed by atoms with Crippen molar-refractivity contribution in [2.75, 3.05) is 7.11 Å². The molecule has 0 unspecified atom stereocenters. The lowest BCUT2D eigenvalue weighted by molar-refractivity contribution is -0.0514. The Kier molecular flexibility index (Phi) is 4.41. The molecule has 1 fully saturated rings. The summed E-state index contributed by atoms with van der Waals surface area (Å²) in [5.41, 5.74) is 2.63. The summed E-state index contributed by atoms with van der Waals surface area (Å²) >= 11 is 0. The van der Waals surface area contributed by atoms with Gasteiger partial charge in [-0.2, -0.15) is 0 Å². The van der Waals surface area contributed by atoms with Crippen molar-refractivity contribution >= 4 is 16.9 Å². The van der Waals surface area contributed by atoms with Crippen LogP contribution in [0.5, 0.6) is 0 Å². The number of hydrogen-bond donors (Lipinski definition) is 2. The summed E-state index contributed by atoms with van der Waals surface area (Å²) in [6.45, 7) is 3.87. The number of ether oxygens (including phenoxy) is 1. The van der Waals surface area contributed by atoms with Gasteiger partial charge in [-0.1, -0.05) is 12.1 Å².